The summed E-state index contributed by atoms with van der Waals surface area (Å²) in [6.07, 6.45) is -9.21. The van der Waals surface area contributed by atoms with Gasteiger partial charge in [-0.2, -0.15) is 0 Å². The molecule has 4 saturated heterocycles. The van der Waals surface area contributed by atoms with Gasteiger partial charge in [0.1, 0.15) is 48.8 Å². The van der Waals surface area contributed by atoms with Crippen LogP contribution in [0.3, 0.4) is 0 Å². The predicted molar refractivity (Wildman–Crippen MR) is 143 cm³/mol. The van der Waals surface area contributed by atoms with Crippen LogP contribution in [0.2, 0.25) is 0 Å². The fourth-order valence-electron chi connectivity index (χ4n) is 7.82. The number of aliphatic hydroxyl groups excluding tert-OH is 3. The molecular weight excluding hydrogens is 600 g/mol. The van der Waals surface area contributed by atoms with Gasteiger partial charge in [0, 0.05) is 12.3 Å². The Balaban J connectivity index is 1.11. The summed E-state index contributed by atoms with van der Waals surface area (Å²) in [6, 6.07) is 10.0. The second kappa shape index (κ2) is 9.98. The van der Waals surface area contributed by atoms with Gasteiger partial charge in [0.15, 0.2) is 35.6 Å². The lowest BCUT2D eigenvalue weighted by molar-refractivity contribution is -0.424. The number of aromatic hydroxyl groups is 3. The Morgan fingerprint density at radius 2 is 1.58 bits per heavy atom. The zero-order chi connectivity index (χ0) is 32.1. The SMILES string of the molecule is C[C@@]12C[C@@]3(O)O[C@@H](O1)[C@@]1(COC(=O)c4ccccc4)[C@H]3C[C@@]12O[C@@H]1O[C@H](COC(=O)c2cc(O)c(O)c(O)c2)[C@@H](O)[C@H](O)[C@H]1O. The number of carbonyl (C=O) groups excluding carboxylic acids is 2. The summed E-state index contributed by atoms with van der Waals surface area (Å²) < 4.78 is 35.3. The van der Waals surface area contributed by atoms with Gasteiger partial charge in [-0.05, 0) is 37.6 Å². The average Bonchev–Trinajstić information content (AvgIpc) is 3.20. The maximum atomic E-state index is 12.9. The number of carbonyl (C=O) groups is 2. The van der Waals surface area contributed by atoms with Crippen LogP contribution in [0.5, 0.6) is 17.2 Å². The lowest BCUT2D eigenvalue weighted by atomic mass is 9.41. The molecule has 0 unspecified atom stereocenters. The molecule has 11 atom stereocenters. The second-order valence-electron chi connectivity index (χ2n) is 12.5. The number of aliphatic hydroxyl groups is 4. The van der Waals surface area contributed by atoms with Crippen molar-refractivity contribution in [2.24, 2.45) is 11.3 Å². The van der Waals surface area contributed by atoms with E-state index in [1.807, 2.05) is 0 Å². The second-order valence-corrected chi connectivity index (χ2v) is 12.5. The van der Waals surface area contributed by atoms with E-state index in [0.29, 0.717) is 5.56 Å². The Morgan fingerprint density at radius 1 is 0.911 bits per heavy atom. The van der Waals surface area contributed by atoms with Crippen molar-refractivity contribution in [3.8, 4) is 17.2 Å². The Kier molecular flexibility index (Phi) is 6.68. The number of phenols is 3. The number of hydrogen-bond donors (Lipinski definition) is 7. The van der Waals surface area contributed by atoms with Gasteiger partial charge in [-0.25, -0.2) is 9.59 Å². The largest absolute Gasteiger partial charge is 0.504 e. The van der Waals surface area contributed by atoms with Crippen molar-refractivity contribution in [2.75, 3.05) is 13.2 Å². The Hall–Kier alpha value is -3.54. The first kappa shape index (κ1) is 30.1. The molecule has 4 aliphatic heterocycles. The molecule has 242 valence electrons. The van der Waals surface area contributed by atoms with Crippen molar-refractivity contribution in [2.45, 2.75) is 73.8 Å². The van der Waals surface area contributed by atoms with Gasteiger partial charge in [0.2, 0.25) is 0 Å². The number of esters is 2. The van der Waals surface area contributed by atoms with E-state index in [2.05, 4.69) is 0 Å². The topological polar surface area (TPSA) is 231 Å². The van der Waals surface area contributed by atoms with Crippen molar-refractivity contribution in [3.05, 3.63) is 53.6 Å². The lowest BCUT2D eigenvalue weighted by Gasteiger charge is -2.67. The lowest BCUT2D eigenvalue weighted by Crippen LogP contribution is -2.80. The maximum absolute atomic E-state index is 12.9. The Labute approximate surface area is 255 Å². The summed E-state index contributed by atoms with van der Waals surface area (Å²) in [5.74, 6) is -6.19. The van der Waals surface area contributed by atoms with Crippen LogP contribution < -0.4 is 0 Å². The summed E-state index contributed by atoms with van der Waals surface area (Å²) in [7, 11) is 0. The molecule has 0 amide bonds. The van der Waals surface area contributed by atoms with Crippen LogP contribution in [0.1, 0.15) is 40.5 Å². The molecule has 7 N–H and O–H groups in total. The highest BCUT2D eigenvalue weighted by Gasteiger charge is 2.94. The molecule has 3 saturated carbocycles. The minimum Gasteiger partial charge on any atom is -0.504 e. The Bertz CT molecular complexity index is 1510. The molecule has 15 nitrogen and oxygen atoms in total. The van der Waals surface area contributed by atoms with Crippen molar-refractivity contribution in [1.82, 2.24) is 0 Å². The third kappa shape index (κ3) is 4.06. The summed E-state index contributed by atoms with van der Waals surface area (Å²) in [6.45, 7) is 0.780. The van der Waals surface area contributed by atoms with Crippen LogP contribution in [0.25, 0.3) is 0 Å². The first-order chi connectivity index (χ1) is 21.3. The summed E-state index contributed by atoms with van der Waals surface area (Å²) >= 11 is 0. The fraction of sp³-hybridized carbons (Fsp3) is 0.533. The molecule has 4 heterocycles. The van der Waals surface area contributed by atoms with Gasteiger partial charge >= 0.3 is 11.9 Å². The molecule has 7 aliphatic rings. The quantitative estimate of drug-likeness (QED) is 0.145. The molecule has 2 aromatic rings. The molecule has 15 heteroatoms. The third-order valence-electron chi connectivity index (χ3n) is 10.1. The molecule has 7 fully saturated rings. The molecule has 3 aliphatic carbocycles. The zero-order valence-corrected chi connectivity index (χ0v) is 23.8. The van der Waals surface area contributed by atoms with Crippen molar-refractivity contribution < 1.29 is 73.8 Å². The highest BCUT2D eigenvalue weighted by molar-refractivity contribution is 5.91. The molecule has 0 spiro atoms. The standard InChI is InChI=1S/C30H32O15/c1-27-11-29(39)18-9-30(27,28(18,26(44-27)45-29)12-41-23(37)13-5-3-2-4-6-13)43-25-22(36)21(35)20(34)17(42-25)10-40-24(38)14-7-15(31)19(33)16(32)8-14/h2-8,17-18,20-22,25-26,31-36,39H,9-12H2,1H3/t17-,18-,20-,21+,22-,25+,26-,27+,28-,29-,30+/m1/s1. The van der Waals surface area contributed by atoms with E-state index in [4.69, 9.17) is 28.4 Å². The van der Waals surface area contributed by atoms with Crippen LogP contribution in [0.15, 0.2) is 42.5 Å². The molecule has 6 bridgehead atoms. The number of ether oxygens (including phenoxy) is 6. The highest BCUT2D eigenvalue weighted by atomic mass is 16.8. The van der Waals surface area contributed by atoms with E-state index in [0.717, 1.165) is 12.1 Å². The van der Waals surface area contributed by atoms with Gasteiger partial charge < -0.3 is 64.2 Å². The van der Waals surface area contributed by atoms with Crippen molar-refractivity contribution >= 4 is 11.9 Å². The first-order valence-corrected chi connectivity index (χ1v) is 14.3. The number of benzene rings is 2. The van der Waals surface area contributed by atoms with E-state index in [-0.39, 0.29) is 25.0 Å². The van der Waals surface area contributed by atoms with E-state index in [1.54, 1.807) is 37.3 Å². The smallest absolute Gasteiger partial charge is 0.338 e. The van der Waals surface area contributed by atoms with Gasteiger partial charge in [-0.3, -0.25) is 0 Å². The summed E-state index contributed by atoms with van der Waals surface area (Å²) in [5.41, 5.74) is -3.78. The third-order valence-corrected chi connectivity index (χ3v) is 10.1. The molecular formula is C30H32O15. The monoisotopic (exact) mass is 632 g/mol. The minimum atomic E-state index is -1.81. The van der Waals surface area contributed by atoms with Gasteiger partial charge in [-0.1, -0.05) is 18.2 Å². The van der Waals surface area contributed by atoms with Crippen molar-refractivity contribution in [3.63, 3.8) is 0 Å². The average molecular weight is 633 g/mol. The van der Waals surface area contributed by atoms with Crippen molar-refractivity contribution in [1.29, 1.82) is 0 Å². The molecule has 0 aromatic heterocycles. The van der Waals surface area contributed by atoms with E-state index >= 15 is 0 Å². The number of rotatable bonds is 8. The normalized spacial score (nSPS) is 42.3. The number of hydrogen-bond acceptors (Lipinski definition) is 15. The van der Waals surface area contributed by atoms with Crippen LogP contribution in [-0.2, 0) is 28.4 Å². The maximum Gasteiger partial charge on any atom is 0.338 e. The van der Waals surface area contributed by atoms with Gasteiger partial charge in [-0.15, -0.1) is 0 Å². The van der Waals surface area contributed by atoms with E-state index in [1.165, 1.54) is 0 Å². The molecule has 9 rings (SSSR count). The van der Waals surface area contributed by atoms with Gasteiger partial charge in [0.25, 0.3) is 0 Å². The van der Waals surface area contributed by atoms with Crippen LogP contribution in [0, 0.1) is 11.3 Å². The fourth-order valence-corrected chi connectivity index (χ4v) is 7.82. The van der Waals surface area contributed by atoms with Crippen LogP contribution >= 0.6 is 0 Å². The summed E-state index contributed by atoms with van der Waals surface area (Å²) in [4.78, 5) is 25.5. The molecule has 0 radical (unpaired) electrons. The Morgan fingerprint density at radius 3 is 2.27 bits per heavy atom. The van der Waals surface area contributed by atoms with E-state index < -0.39 is 101 Å². The van der Waals surface area contributed by atoms with Crippen LogP contribution in [0.4, 0.5) is 0 Å². The van der Waals surface area contributed by atoms with E-state index in [9.17, 15) is 45.3 Å². The number of phenolic OH excluding ortho intramolecular Hbond substituents is 3. The minimum absolute atomic E-state index is 0.00307. The zero-order valence-electron chi connectivity index (χ0n) is 23.8. The van der Waals surface area contributed by atoms with Crippen LogP contribution in [-0.4, -0.2) is 115 Å². The summed E-state index contributed by atoms with van der Waals surface area (Å²) in [5, 5.41) is 72.6. The molecule has 45 heavy (non-hydrogen) atoms. The highest BCUT2D eigenvalue weighted by Crippen LogP contribution is 2.81. The molecule has 2 aromatic carbocycles. The van der Waals surface area contributed by atoms with Gasteiger partial charge in [0.05, 0.1) is 16.5 Å². The predicted octanol–water partition coefficient (Wildman–Crippen LogP) is -0.376. The first-order valence-electron chi connectivity index (χ1n) is 14.3.